The number of carbonyl (C=O) groups is 2. The van der Waals surface area contributed by atoms with Gasteiger partial charge in [0.2, 0.25) is 11.6 Å². The van der Waals surface area contributed by atoms with Gasteiger partial charge in [-0.25, -0.2) is 4.68 Å². The molecule has 0 fully saturated rings. The average molecular weight is 363 g/mol. The third-order valence-electron chi connectivity index (χ3n) is 3.82. The molecule has 0 spiro atoms. The van der Waals surface area contributed by atoms with E-state index >= 15 is 0 Å². The Labute approximate surface area is 144 Å². The van der Waals surface area contributed by atoms with Crippen LogP contribution in [-0.2, 0) is 20.2 Å². The topological polar surface area (TPSA) is 100 Å². The standard InChI is InChI=1S/C16H18N3O5P/c1-3-23-25(22,24-4-2)10-9-19-14-13(17-18-19)15(20)11-7-5-6-8-12(11)16(14)21/h5-8H,3-4,9-10H2,1-2H3. The van der Waals surface area contributed by atoms with Gasteiger partial charge in [0.1, 0.15) is 5.69 Å². The molecule has 0 radical (unpaired) electrons. The maximum absolute atomic E-state index is 12.7. The van der Waals surface area contributed by atoms with Crippen LogP contribution in [0.15, 0.2) is 24.3 Å². The van der Waals surface area contributed by atoms with Crippen LogP contribution in [0, 0.1) is 0 Å². The summed E-state index contributed by atoms with van der Waals surface area (Å²) in [5.41, 5.74) is 0.775. The molecule has 1 aromatic carbocycles. The van der Waals surface area contributed by atoms with E-state index < -0.39 is 7.60 Å². The van der Waals surface area contributed by atoms with Crippen LogP contribution in [-0.4, -0.2) is 45.9 Å². The summed E-state index contributed by atoms with van der Waals surface area (Å²) in [6, 6.07) is 6.58. The van der Waals surface area contributed by atoms with Crippen LogP contribution in [0.25, 0.3) is 0 Å². The van der Waals surface area contributed by atoms with Crippen LogP contribution in [0.2, 0.25) is 0 Å². The minimum absolute atomic E-state index is 0.0198. The van der Waals surface area contributed by atoms with E-state index in [1.165, 1.54) is 4.68 Å². The van der Waals surface area contributed by atoms with Crippen LogP contribution in [0.4, 0.5) is 0 Å². The number of aromatic nitrogens is 3. The SMILES string of the molecule is CCOP(=O)(CCn1nnc2c1C(=O)c1ccccc1C2=O)OCC. The second-order valence-corrected chi connectivity index (χ2v) is 7.57. The Balaban J connectivity index is 1.90. The second-order valence-electron chi connectivity index (χ2n) is 5.38. The molecule has 0 N–H and O–H groups in total. The first kappa shape index (κ1) is 17.7. The van der Waals surface area contributed by atoms with Gasteiger partial charge in [-0.15, -0.1) is 5.10 Å². The van der Waals surface area contributed by atoms with Crippen molar-refractivity contribution in [1.82, 2.24) is 15.0 Å². The number of nitrogens with zero attached hydrogens (tertiary/aromatic N) is 3. The van der Waals surface area contributed by atoms with E-state index in [2.05, 4.69) is 10.3 Å². The van der Waals surface area contributed by atoms with E-state index in [1.54, 1.807) is 38.1 Å². The molecule has 1 aromatic heterocycles. The molecule has 0 saturated carbocycles. The zero-order valence-electron chi connectivity index (χ0n) is 14.0. The van der Waals surface area contributed by atoms with E-state index in [4.69, 9.17) is 9.05 Å². The fourth-order valence-electron chi connectivity index (χ4n) is 2.76. The molecular formula is C16H18N3O5P. The molecule has 8 nitrogen and oxygen atoms in total. The van der Waals surface area contributed by atoms with Gasteiger partial charge in [0.05, 0.1) is 25.9 Å². The first-order valence-electron chi connectivity index (χ1n) is 8.00. The van der Waals surface area contributed by atoms with Gasteiger partial charge in [-0.2, -0.15) is 0 Å². The number of aryl methyl sites for hydroxylation is 1. The maximum Gasteiger partial charge on any atom is 0.332 e. The van der Waals surface area contributed by atoms with Gasteiger partial charge >= 0.3 is 7.60 Å². The van der Waals surface area contributed by atoms with Crippen molar-refractivity contribution in [3.05, 3.63) is 46.8 Å². The molecule has 9 heteroatoms. The highest BCUT2D eigenvalue weighted by atomic mass is 31.2. The van der Waals surface area contributed by atoms with Crippen molar-refractivity contribution in [2.24, 2.45) is 0 Å². The zero-order chi connectivity index (χ0) is 18.0. The number of benzene rings is 1. The van der Waals surface area contributed by atoms with Crippen LogP contribution in [0.1, 0.15) is 46.0 Å². The fourth-order valence-corrected chi connectivity index (χ4v) is 4.31. The summed E-state index contributed by atoms with van der Waals surface area (Å²) in [7, 11) is -3.28. The number of rotatable bonds is 7. The molecule has 132 valence electrons. The predicted molar refractivity (Wildman–Crippen MR) is 89.1 cm³/mol. The van der Waals surface area contributed by atoms with Gasteiger partial charge in [-0.3, -0.25) is 14.2 Å². The highest BCUT2D eigenvalue weighted by Gasteiger charge is 2.35. The van der Waals surface area contributed by atoms with Crippen molar-refractivity contribution >= 4 is 19.2 Å². The predicted octanol–water partition coefficient (Wildman–Crippen LogP) is 2.32. The van der Waals surface area contributed by atoms with Crippen LogP contribution < -0.4 is 0 Å². The summed E-state index contributed by atoms with van der Waals surface area (Å²) in [5, 5.41) is 7.75. The van der Waals surface area contributed by atoms with E-state index in [0.717, 1.165) is 0 Å². The highest BCUT2D eigenvalue weighted by molar-refractivity contribution is 7.53. The summed E-state index contributed by atoms with van der Waals surface area (Å²) in [4.78, 5) is 25.2. The molecule has 0 saturated heterocycles. The van der Waals surface area contributed by atoms with Gasteiger partial charge in [0.15, 0.2) is 5.69 Å². The monoisotopic (exact) mass is 363 g/mol. The maximum atomic E-state index is 12.7. The molecule has 25 heavy (non-hydrogen) atoms. The minimum Gasteiger partial charge on any atom is -0.309 e. The molecule has 1 aliphatic carbocycles. The summed E-state index contributed by atoms with van der Waals surface area (Å²) in [5.74, 6) is -0.660. The van der Waals surface area contributed by atoms with Crippen molar-refractivity contribution in [1.29, 1.82) is 0 Å². The quantitative estimate of drug-likeness (QED) is 0.594. The first-order valence-corrected chi connectivity index (χ1v) is 9.73. The normalized spacial score (nSPS) is 13.7. The number of hydrogen-bond acceptors (Lipinski definition) is 7. The van der Waals surface area contributed by atoms with E-state index in [1.807, 2.05) is 0 Å². The lowest BCUT2D eigenvalue weighted by atomic mass is 9.90. The molecular weight excluding hydrogens is 345 g/mol. The van der Waals surface area contributed by atoms with Crippen molar-refractivity contribution in [3.63, 3.8) is 0 Å². The number of fused-ring (bicyclic) bond motifs is 2. The molecule has 2 aromatic rings. The largest absolute Gasteiger partial charge is 0.332 e. The van der Waals surface area contributed by atoms with E-state index in [9.17, 15) is 14.2 Å². The van der Waals surface area contributed by atoms with Crippen molar-refractivity contribution in [2.45, 2.75) is 20.4 Å². The molecule has 0 amide bonds. The Hall–Kier alpha value is -2.15. The van der Waals surface area contributed by atoms with Gasteiger partial charge < -0.3 is 9.05 Å². The summed E-state index contributed by atoms with van der Waals surface area (Å²) < 4.78 is 24.3. The molecule has 0 atom stereocenters. The van der Waals surface area contributed by atoms with Gasteiger partial charge in [0.25, 0.3) is 0 Å². The number of ketones is 2. The summed E-state index contributed by atoms with van der Waals surface area (Å²) in [6.45, 7) is 4.04. The van der Waals surface area contributed by atoms with Crippen LogP contribution in [0.5, 0.6) is 0 Å². The zero-order valence-corrected chi connectivity index (χ0v) is 14.9. The lowest BCUT2D eigenvalue weighted by Gasteiger charge is -2.18. The van der Waals surface area contributed by atoms with Crippen molar-refractivity contribution in [2.75, 3.05) is 19.4 Å². The summed E-state index contributed by atoms with van der Waals surface area (Å²) in [6.07, 6.45) is 0.0353. The van der Waals surface area contributed by atoms with Gasteiger partial charge in [0, 0.05) is 11.1 Å². The lowest BCUT2D eigenvalue weighted by Crippen LogP contribution is -2.24. The van der Waals surface area contributed by atoms with Gasteiger partial charge in [-0.1, -0.05) is 29.5 Å². The Morgan fingerprint density at radius 2 is 1.64 bits per heavy atom. The first-order chi connectivity index (χ1) is 12.0. The molecule has 0 aliphatic heterocycles. The summed E-state index contributed by atoms with van der Waals surface area (Å²) >= 11 is 0. The Morgan fingerprint density at radius 1 is 1.04 bits per heavy atom. The van der Waals surface area contributed by atoms with E-state index in [0.29, 0.717) is 11.1 Å². The Kier molecular flexibility index (Phi) is 4.94. The minimum atomic E-state index is -3.28. The smallest absolute Gasteiger partial charge is 0.309 e. The molecule has 1 aliphatic rings. The molecule has 1 heterocycles. The third-order valence-corrected chi connectivity index (χ3v) is 5.87. The van der Waals surface area contributed by atoms with Gasteiger partial charge in [-0.05, 0) is 13.8 Å². The van der Waals surface area contributed by atoms with Crippen LogP contribution in [0.3, 0.4) is 0 Å². The second kappa shape index (κ2) is 7.00. The molecule has 3 rings (SSSR count). The Bertz CT molecular complexity index is 866. The van der Waals surface area contributed by atoms with E-state index in [-0.39, 0.29) is 48.9 Å². The average Bonchev–Trinajstić information content (AvgIpc) is 3.03. The lowest BCUT2D eigenvalue weighted by molar-refractivity contribution is 0.0971. The highest BCUT2D eigenvalue weighted by Crippen LogP contribution is 2.48. The third kappa shape index (κ3) is 3.20. The number of hydrogen-bond donors (Lipinski definition) is 0. The fraction of sp³-hybridized carbons (Fsp3) is 0.375. The van der Waals surface area contributed by atoms with Crippen molar-refractivity contribution in [3.8, 4) is 0 Å². The number of carbonyl (C=O) groups excluding carboxylic acids is 2. The van der Waals surface area contributed by atoms with Crippen LogP contribution >= 0.6 is 7.60 Å². The Morgan fingerprint density at radius 3 is 2.24 bits per heavy atom. The van der Waals surface area contributed by atoms with Crippen molar-refractivity contribution < 1.29 is 23.2 Å². The molecule has 0 unspecified atom stereocenters. The molecule has 0 bridgehead atoms.